The zero-order valence-electron chi connectivity index (χ0n) is 11.3. The molecule has 0 aromatic carbocycles. The van der Waals surface area contributed by atoms with Gasteiger partial charge in [-0.3, -0.25) is 4.90 Å². The number of nitrogens with two attached hydrogens (primary N) is 1. The van der Waals surface area contributed by atoms with E-state index in [9.17, 15) is 0 Å². The molecule has 2 N–H and O–H groups in total. The molecular formula is C14H24N4. The summed E-state index contributed by atoms with van der Waals surface area (Å²) in [7, 11) is 0. The van der Waals surface area contributed by atoms with Gasteiger partial charge < -0.3 is 10.6 Å². The lowest BCUT2D eigenvalue weighted by molar-refractivity contribution is 0.247. The van der Waals surface area contributed by atoms with Gasteiger partial charge >= 0.3 is 0 Å². The summed E-state index contributed by atoms with van der Waals surface area (Å²) in [5.41, 5.74) is 5.96. The van der Waals surface area contributed by atoms with Crippen LogP contribution in [0.4, 0.5) is 5.82 Å². The van der Waals surface area contributed by atoms with Crippen molar-refractivity contribution in [3.05, 3.63) is 24.4 Å². The molecule has 2 heterocycles. The van der Waals surface area contributed by atoms with Gasteiger partial charge in [0.15, 0.2) is 0 Å². The monoisotopic (exact) mass is 248 g/mol. The third kappa shape index (κ3) is 3.68. The molecule has 100 valence electrons. The summed E-state index contributed by atoms with van der Waals surface area (Å²) < 4.78 is 0. The van der Waals surface area contributed by atoms with E-state index in [1.54, 1.807) is 0 Å². The first-order chi connectivity index (χ1) is 8.79. The van der Waals surface area contributed by atoms with E-state index in [1.807, 2.05) is 12.3 Å². The van der Waals surface area contributed by atoms with Crippen molar-refractivity contribution in [3.63, 3.8) is 0 Å². The molecule has 1 saturated heterocycles. The first kappa shape index (κ1) is 13.3. The van der Waals surface area contributed by atoms with Crippen LogP contribution in [0, 0.1) is 0 Å². The number of hydrogen-bond acceptors (Lipinski definition) is 4. The molecule has 1 aromatic heterocycles. The van der Waals surface area contributed by atoms with E-state index in [4.69, 9.17) is 5.73 Å². The van der Waals surface area contributed by atoms with Crippen molar-refractivity contribution in [3.8, 4) is 0 Å². The summed E-state index contributed by atoms with van der Waals surface area (Å²) in [6, 6.07) is 6.46. The highest BCUT2D eigenvalue weighted by molar-refractivity contribution is 5.38. The van der Waals surface area contributed by atoms with Gasteiger partial charge in [0.05, 0.1) is 0 Å². The van der Waals surface area contributed by atoms with Crippen LogP contribution in [-0.4, -0.2) is 48.6 Å². The van der Waals surface area contributed by atoms with E-state index >= 15 is 0 Å². The van der Waals surface area contributed by atoms with Crippen molar-refractivity contribution in [1.82, 2.24) is 9.88 Å². The fourth-order valence-corrected chi connectivity index (χ4v) is 2.29. The number of piperazine rings is 1. The molecular weight excluding hydrogens is 224 g/mol. The highest BCUT2D eigenvalue weighted by Gasteiger charge is 2.17. The average Bonchev–Trinajstić information content (AvgIpc) is 2.46. The molecule has 2 rings (SSSR count). The summed E-state index contributed by atoms with van der Waals surface area (Å²) in [6.07, 6.45) is 4.05. The maximum Gasteiger partial charge on any atom is 0.128 e. The van der Waals surface area contributed by atoms with Gasteiger partial charge in [-0.1, -0.05) is 13.0 Å². The summed E-state index contributed by atoms with van der Waals surface area (Å²) in [5, 5.41) is 0. The van der Waals surface area contributed by atoms with Crippen LogP contribution in [0.25, 0.3) is 0 Å². The third-order valence-corrected chi connectivity index (χ3v) is 3.69. The second kappa shape index (κ2) is 6.71. The minimum atomic E-state index is 0.360. The minimum Gasteiger partial charge on any atom is -0.354 e. The van der Waals surface area contributed by atoms with Gasteiger partial charge in [0.1, 0.15) is 5.82 Å². The van der Waals surface area contributed by atoms with E-state index in [1.165, 1.54) is 0 Å². The molecule has 0 spiro atoms. The zero-order valence-corrected chi connectivity index (χ0v) is 11.3. The van der Waals surface area contributed by atoms with Crippen LogP contribution in [0.2, 0.25) is 0 Å². The standard InChI is InChI=1S/C14H24N4/c1-2-13(15)6-8-17-9-11-18(12-10-17)14-5-3-4-7-16-14/h3-5,7,13H,2,6,8-12,15H2,1H3. The van der Waals surface area contributed by atoms with Gasteiger partial charge in [-0.25, -0.2) is 4.98 Å². The summed E-state index contributed by atoms with van der Waals surface area (Å²) in [5.74, 6) is 1.10. The van der Waals surface area contributed by atoms with Crippen molar-refractivity contribution in [1.29, 1.82) is 0 Å². The van der Waals surface area contributed by atoms with E-state index in [2.05, 4.69) is 33.8 Å². The van der Waals surface area contributed by atoms with Gasteiger partial charge in [0.25, 0.3) is 0 Å². The maximum absolute atomic E-state index is 5.96. The highest BCUT2D eigenvalue weighted by atomic mass is 15.3. The molecule has 0 aliphatic carbocycles. The largest absolute Gasteiger partial charge is 0.354 e. The smallest absolute Gasteiger partial charge is 0.128 e. The number of nitrogens with zero attached hydrogens (tertiary/aromatic N) is 3. The first-order valence-corrected chi connectivity index (χ1v) is 6.93. The summed E-state index contributed by atoms with van der Waals surface area (Å²) in [4.78, 5) is 9.27. The van der Waals surface area contributed by atoms with Crippen LogP contribution >= 0.6 is 0 Å². The first-order valence-electron chi connectivity index (χ1n) is 6.93. The highest BCUT2D eigenvalue weighted by Crippen LogP contribution is 2.12. The van der Waals surface area contributed by atoms with Gasteiger partial charge in [-0.15, -0.1) is 0 Å². The molecule has 1 atom stereocenters. The fourth-order valence-electron chi connectivity index (χ4n) is 2.29. The Balaban J connectivity index is 1.75. The molecule has 0 saturated carbocycles. The van der Waals surface area contributed by atoms with E-state index in [0.29, 0.717) is 6.04 Å². The topological polar surface area (TPSA) is 45.4 Å². The minimum absolute atomic E-state index is 0.360. The Morgan fingerprint density at radius 2 is 2.06 bits per heavy atom. The molecule has 4 heteroatoms. The molecule has 0 amide bonds. The molecule has 0 radical (unpaired) electrons. The quantitative estimate of drug-likeness (QED) is 0.854. The number of pyridine rings is 1. The van der Waals surface area contributed by atoms with E-state index < -0.39 is 0 Å². The molecule has 18 heavy (non-hydrogen) atoms. The second-order valence-electron chi connectivity index (χ2n) is 4.97. The number of hydrogen-bond donors (Lipinski definition) is 1. The van der Waals surface area contributed by atoms with Crippen molar-refractivity contribution in [2.45, 2.75) is 25.8 Å². The Bertz CT molecular complexity index is 333. The predicted molar refractivity (Wildman–Crippen MR) is 75.8 cm³/mol. The average molecular weight is 248 g/mol. The van der Waals surface area contributed by atoms with Crippen LogP contribution in [0.15, 0.2) is 24.4 Å². The van der Waals surface area contributed by atoms with E-state index in [0.717, 1.165) is 51.4 Å². The van der Waals surface area contributed by atoms with Gasteiger partial charge in [0.2, 0.25) is 0 Å². The van der Waals surface area contributed by atoms with Crippen LogP contribution in [-0.2, 0) is 0 Å². The number of rotatable bonds is 5. The lowest BCUT2D eigenvalue weighted by atomic mass is 10.1. The predicted octanol–water partition coefficient (Wildman–Crippen LogP) is 1.33. The van der Waals surface area contributed by atoms with Gasteiger partial charge in [0, 0.05) is 38.4 Å². The summed E-state index contributed by atoms with van der Waals surface area (Å²) >= 11 is 0. The Labute approximate surface area is 110 Å². The van der Waals surface area contributed by atoms with Crippen LogP contribution in [0.5, 0.6) is 0 Å². The lowest BCUT2D eigenvalue weighted by Gasteiger charge is -2.35. The van der Waals surface area contributed by atoms with Crippen molar-refractivity contribution in [2.75, 3.05) is 37.6 Å². The van der Waals surface area contributed by atoms with Crippen molar-refractivity contribution < 1.29 is 0 Å². The zero-order chi connectivity index (χ0) is 12.8. The molecule has 0 bridgehead atoms. The van der Waals surface area contributed by atoms with Gasteiger partial charge in [-0.2, -0.15) is 0 Å². The number of aromatic nitrogens is 1. The fraction of sp³-hybridized carbons (Fsp3) is 0.643. The third-order valence-electron chi connectivity index (χ3n) is 3.69. The molecule has 1 aliphatic heterocycles. The Morgan fingerprint density at radius 1 is 1.28 bits per heavy atom. The Kier molecular flexibility index (Phi) is 4.96. The molecule has 1 unspecified atom stereocenters. The number of anilines is 1. The molecule has 4 nitrogen and oxygen atoms in total. The van der Waals surface area contributed by atoms with Crippen LogP contribution in [0.3, 0.4) is 0 Å². The molecule has 1 aliphatic rings. The molecule has 1 fully saturated rings. The maximum atomic E-state index is 5.96. The van der Waals surface area contributed by atoms with Crippen LogP contribution in [0.1, 0.15) is 19.8 Å². The van der Waals surface area contributed by atoms with Crippen molar-refractivity contribution in [2.24, 2.45) is 5.73 Å². The second-order valence-corrected chi connectivity index (χ2v) is 4.97. The lowest BCUT2D eigenvalue weighted by Crippen LogP contribution is -2.47. The molecule has 1 aromatic rings. The Hall–Kier alpha value is -1.13. The summed E-state index contributed by atoms with van der Waals surface area (Å²) in [6.45, 7) is 7.66. The van der Waals surface area contributed by atoms with Crippen molar-refractivity contribution >= 4 is 5.82 Å². The normalized spacial score (nSPS) is 18.9. The van der Waals surface area contributed by atoms with Crippen LogP contribution < -0.4 is 10.6 Å². The van der Waals surface area contributed by atoms with Gasteiger partial charge in [-0.05, 0) is 31.5 Å². The SMILES string of the molecule is CCC(N)CCN1CCN(c2ccccn2)CC1. The van der Waals surface area contributed by atoms with E-state index in [-0.39, 0.29) is 0 Å². The Morgan fingerprint density at radius 3 is 2.67 bits per heavy atom.